The first-order valence-electron chi connectivity index (χ1n) is 7.60. The zero-order valence-electron chi connectivity index (χ0n) is 14.5. The van der Waals surface area contributed by atoms with Gasteiger partial charge in [-0.2, -0.15) is 0 Å². The van der Waals surface area contributed by atoms with Crippen LogP contribution < -0.4 is 10.3 Å². The molecule has 0 saturated heterocycles. The molecule has 0 bridgehead atoms. The van der Waals surface area contributed by atoms with E-state index in [1.54, 1.807) is 0 Å². The molecule has 10 nitrogen and oxygen atoms in total. The fourth-order valence-corrected chi connectivity index (χ4v) is 2.46. The second-order valence-corrected chi connectivity index (χ2v) is 5.35. The summed E-state index contributed by atoms with van der Waals surface area (Å²) in [6.07, 6.45) is 0.387. The third-order valence-corrected chi connectivity index (χ3v) is 3.48. The molecule has 140 valence electrons. The largest absolute Gasteiger partial charge is 0.464 e. The van der Waals surface area contributed by atoms with Crippen molar-refractivity contribution in [3.8, 4) is 5.75 Å². The minimum Gasteiger partial charge on any atom is -0.464 e. The number of aromatic nitrogens is 2. The average Bonchev–Trinajstić information content (AvgIpc) is 2.75. The SMILES string of the molecule is C=C[C@H]1COCC(OC(C)=O)c2nc(C(=O)OC)c(OC(C)=O)c(=O)n21. The standard InChI is InChI=1S/C16H18N2O8/c1-5-10-6-24-7-11(25-8(2)19)14-17-12(16(22)23-4)13(26-9(3)20)15(21)18(10)14/h5,10-11H,1,6-7H2,2-4H3/t10-,11?/m0/s1. The fraction of sp³-hybridized carbons (Fsp3) is 0.438. The van der Waals surface area contributed by atoms with Crippen LogP contribution in [-0.4, -0.2) is 47.8 Å². The monoisotopic (exact) mass is 366 g/mol. The highest BCUT2D eigenvalue weighted by molar-refractivity contribution is 5.91. The Labute approximate surface area is 148 Å². The Balaban J connectivity index is 2.80. The third kappa shape index (κ3) is 3.80. The first kappa shape index (κ1) is 19.3. The summed E-state index contributed by atoms with van der Waals surface area (Å²) in [7, 11) is 1.09. The van der Waals surface area contributed by atoms with Crippen LogP contribution in [-0.2, 0) is 23.8 Å². The van der Waals surface area contributed by atoms with Crippen molar-refractivity contribution in [2.75, 3.05) is 20.3 Å². The number of esters is 3. The minimum absolute atomic E-state index is 0.0381. The van der Waals surface area contributed by atoms with E-state index in [4.69, 9.17) is 14.2 Å². The van der Waals surface area contributed by atoms with E-state index < -0.39 is 47.1 Å². The first-order chi connectivity index (χ1) is 12.3. The molecule has 1 aromatic heterocycles. The maximum absolute atomic E-state index is 12.9. The highest BCUT2D eigenvalue weighted by atomic mass is 16.6. The van der Waals surface area contributed by atoms with Crippen LogP contribution in [0, 0.1) is 0 Å². The van der Waals surface area contributed by atoms with E-state index in [9.17, 15) is 19.2 Å². The summed E-state index contributed by atoms with van der Waals surface area (Å²) in [5.41, 5.74) is -1.32. The predicted octanol–water partition coefficient (Wildman–Crippen LogP) is 0.317. The van der Waals surface area contributed by atoms with Crippen LogP contribution in [0.5, 0.6) is 5.75 Å². The molecule has 0 aliphatic carbocycles. The molecule has 2 rings (SSSR count). The number of nitrogens with zero attached hydrogens (tertiary/aromatic N) is 2. The highest BCUT2D eigenvalue weighted by Crippen LogP contribution is 2.26. The summed E-state index contributed by atoms with van der Waals surface area (Å²) in [6.45, 7) is 5.87. The molecule has 26 heavy (non-hydrogen) atoms. The molecule has 0 aromatic carbocycles. The van der Waals surface area contributed by atoms with Gasteiger partial charge >= 0.3 is 17.9 Å². The normalized spacial score (nSPS) is 18.9. The van der Waals surface area contributed by atoms with Gasteiger partial charge in [-0.25, -0.2) is 9.78 Å². The van der Waals surface area contributed by atoms with E-state index in [0.29, 0.717) is 0 Å². The average molecular weight is 366 g/mol. The lowest BCUT2D eigenvalue weighted by molar-refractivity contribution is -0.150. The summed E-state index contributed by atoms with van der Waals surface area (Å²) >= 11 is 0. The molecule has 0 spiro atoms. The molecule has 1 unspecified atom stereocenters. The number of fused-ring (bicyclic) bond motifs is 1. The zero-order valence-corrected chi connectivity index (χ0v) is 14.5. The summed E-state index contributed by atoms with van der Waals surface area (Å²) in [4.78, 5) is 51.8. The number of carbonyl (C=O) groups excluding carboxylic acids is 3. The van der Waals surface area contributed by atoms with Gasteiger partial charge in [0, 0.05) is 13.8 Å². The van der Waals surface area contributed by atoms with Gasteiger partial charge in [0.1, 0.15) is 0 Å². The van der Waals surface area contributed by atoms with Crippen molar-refractivity contribution >= 4 is 17.9 Å². The Hall–Kier alpha value is -3.01. The van der Waals surface area contributed by atoms with Gasteiger partial charge in [-0.1, -0.05) is 6.08 Å². The molecule has 1 aromatic rings. The Kier molecular flexibility index (Phi) is 5.88. The number of hydrogen-bond donors (Lipinski definition) is 0. The van der Waals surface area contributed by atoms with E-state index >= 15 is 0 Å². The van der Waals surface area contributed by atoms with E-state index in [1.807, 2.05) is 0 Å². The Morgan fingerprint density at radius 1 is 1.27 bits per heavy atom. The molecule has 1 aliphatic heterocycles. The predicted molar refractivity (Wildman–Crippen MR) is 85.7 cm³/mol. The van der Waals surface area contributed by atoms with Crippen LogP contribution >= 0.6 is 0 Å². The van der Waals surface area contributed by atoms with Crippen molar-refractivity contribution in [1.29, 1.82) is 0 Å². The number of rotatable bonds is 4. The zero-order chi connectivity index (χ0) is 19.4. The van der Waals surface area contributed by atoms with Gasteiger partial charge in [0.25, 0.3) is 5.56 Å². The number of carbonyl (C=O) groups is 3. The highest BCUT2D eigenvalue weighted by Gasteiger charge is 2.34. The van der Waals surface area contributed by atoms with Crippen molar-refractivity contribution in [1.82, 2.24) is 9.55 Å². The Bertz CT molecular complexity index is 813. The maximum atomic E-state index is 12.9. The van der Waals surface area contributed by atoms with Crippen molar-refractivity contribution in [2.45, 2.75) is 26.0 Å². The van der Waals surface area contributed by atoms with Crippen molar-refractivity contribution < 1.29 is 33.3 Å². The van der Waals surface area contributed by atoms with Gasteiger partial charge in [-0.15, -0.1) is 6.58 Å². The summed E-state index contributed by atoms with van der Waals surface area (Å²) in [5, 5.41) is 0. The topological polar surface area (TPSA) is 123 Å². The van der Waals surface area contributed by atoms with Gasteiger partial charge in [0.2, 0.25) is 5.75 Å². The van der Waals surface area contributed by atoms with Crippen LogP contribution in [0.25, 0.3) is 0 Å². The van der Waals surface area contributed by atoms with Gasteiger partial charge in [0.05, 0.1) is 26.4 Å². The van der Waals surface area contributed by atoms with Gasteiger partial charge < -0.3 is 18.9 Å². The van der Waals surface area contributed by atoms with E-state index in [0.717, 1.165) is 18.6 Å². The maximum Gasteiger partial charge on any atom is 0.360 e. The summed E-state index contributed by atoms with van der Waals surface area (Å²) in [5.74, 6) is -3.04. The van der Waals surface area contributed by atoms with Crippen molar-refractivity contribution in [3.63, 3.8) is 0 Å². The van der Waals surface area contributed by atoms with E-state index in [1.165, 1.54) is 13.0 Å². The van der Waals surface area contributed by atoms with E-state index in [-0.39, 0.29) is 19.0 Å². The van der Waals surface area contributed by atoms with Gasteiger partial charge in [-0.05, 0) is 0 Å². The lowest BCUT2D eigenvalue weighted by Gasteiger charge is -2.20. The minimum atomic E-state index is -1.04. The quantitative estimate of drug-likeness (QED) is 0.547. The lowest BCUT2D eigenvalue weighted by Crippen LogP contribution is -2.34. The second-order valence-electron chi connectivity index (χ2n) is 5.35. The molecule has 0 saturated carbocycles. The van der Waals surface area contributed by atoms with Crippen LogP contribution in [0.1, 0.15) is 42.3 Å². The fourth-order valence-electron chi connectivity index (χ4n) is 2.46. The molecule has 1 aliphatic rings. The molecule has 2 heterocycles. The molecular formula is C16H18N2O8. The summed E-state index contributed by atoms with van der Waals surface area (Å²) < 4.78 is 21.2. The van der Waals surface area contributed by atoms with E-state index in [2.05, 4.69) is 16.3 Å². The Morgan fingerprint density at radius 3 is 2.50 bits per heavy atom. The van der Waals surface area contributed by atoms with Crippen molar-refractivity contribution in [2.24, 2.45) is 0 Å². The molecule has 0 fully saturated rings. The molecule has 2 atom stereocenters. The number of ether oxygens (including phenoxy) is 4. The number of methoxy groups -OCH3 is 1. The molecule has 10 heteroatoms. The smallest absolute Gasteiger partial charge is 0.360 e. The van der Waals surface area contributed by atoms with Crippen LogP contribution in [0.2, 0.25) is 0 Å². The molecule has 0 N–H and O–H groups in total. The third-order valence-electron chi connectivity index (χ3n) is 3.48. The molecule has 0 amide bonds. The molecular weight excluding hydrogens is 348 g/mol. The Morgan fingerprint density at radius 2 is 1.96 bits per heavy atom. The van der Waals surface area contributed by atoms with Crippen LogP contribution in [0.3, 0.4) is 0 Å². The summed E-state index contributed by atoms with van der Waals surface area (Å²) in [6, 6.07) is -0.674. The first-order valence-corrected chi connectivity index (χ1v) is 7.60. The molecule has 0 radical (unpaired) electrons. The van der Waals surface area contributed by atoms with Crippen LogP contribution in [0.4, 0.5) is 0 Å². The second kappa shape index (κ2) is 7.91. The lowest BCUT2D eigenvalue weighted by atomic mass is 10.2. The van der Waals surface area contributed by atoms with Gasteiger partial charge in [-0.3, -0.25) is 19.0 Å². The number of hydrogen-bond acceptors (Lipinski definition) is 9. The van der Waals surface area contributed by atoms with Crippen LogP contribution in [0.15, 0.2) is 17.4 Å². The van der Waals surface area contributed by atoms with Gasteiger partial charge in [0.15, 0.2) is 17.6 Å². The van der Waals surface area contributed by atoms with Crippen molar-refractivity contribution in [3.05, 3.63) is 34.5 Å².